The summed E-state index contributed by atoms with van der Waals surface area (Å²) in [7, 11) is -3.83. The van der Waals surface area contributed by atoms with E-state index >= 15 is 0 Å². The average molecular weight is 341 g/mol. The van der Waals surface area contributed by atoms with Gasteiger partial charge in [0.2, 0.25) is 0 Å². The summed E-state index contributed by atoms with van der Waals surface area (Å²) >= 11 is 12.1. The molecule has 0 fully saturated rings. The van der Waals surface area contributed by atoms with Crippen LogP contribution in [0, 0.1) is 18.3 Å². The highest BCUT2D eigenvalue weighted by Gasteiger charge is 2.18. The van der Waals surface area contributed by atoms with Gasteiger partial charge in [-0.05, 0) is 42.8 Å². The molecule has 21 heavy (non-hydrogen) atoms. The summed E-state index contributed by atoms with van der Waals surface area (Å²) in [5.41, 5.74) is 1.22. The van der Waals surface area contributed by atoms with E-state index in [1.54, 1.807) is 19.1 Å². The molecule has 0 atom stereocenters. The van der Waals surface area contributed by atoms with Crippen molar-refractivity contribution >= 4 is 38.9 Å². The Morgan fingerprint density at radius 2 is 1.71 bits per heavy atom. The van der Waals surface area contributed by atoms with Crippen molar-refractivity contribution in [2.75, 3.05) is 4.72 Å². The first-order valence-corrected chi connectivity index (χ1v) is 8.06. The lowest BCUT2D eigenvalue weighted by Gasteiger charge is -2.12. The molecule has 2 aromatic carbocycles. The van der Waals surface area contributed by atoms with Crippen LogP contribution in [0.1, 0.15) is 11.1 Å². The maximum atomic E-state index is 12.3. The normalized spacial score (nSPS) is 11.0. The lowest BCUT2D eigenvalue weighted by atomic mass is 10.2. The number of aryl methyl sites for hydroxylation is 1. The number of anilines is 1. The topological polar surface area (TPSA) is 70.0 Å². The lowest BCUT2D eigenvalue weighted by molar-refractivity contribution is 0.601. The van der Waals surface area contributed by atoms with E-state index in [1.807, 2.05) is 6.07 Å². The first-order chi connectivity index (χ1) is 9.85. The van der Waals surface area contributed by atoms with Crippen LogP contribution in [0.25, 0.3) is 0 Å². The van der Waals surface area contributed by atoms with E-state index in [9.17, 15) is 8.42 Å². The van der Waals surface area contributed by atoms with Crippen molar-refractivity contribution in [2.45, 2.75) is 11.8 Å². The molecule has 0 aliphatic heterocycles. The molecule has 0 aliphatic rings. The van der Waals surface area contributed by atoms with Gasteiger partial charge in [0.05, 0.1) is 32.3 Å². The second kappa shape index (κ2) is 5.94. The van der Waals surface area contributed by atoms with Crippen LogP contribution in [0.3, 0.4) is 0 Å². The zero-order valence-electron chi connectivity index (χ0n) is 10.9. The molecule has 0 bridgehead atoms. The number of hydrogen-bond donors (Lipinski definition) is 1. The van der Waals surface area contributed by atoms with Crippen LogP contribution >= 0.6 is 23.2 Å². The number of hydrogen-bond acceptors (Lipinski definition) is 3. The fraction of sp³-hybridized carbons (Fsp3) is 0.0714. The summed E-state index contributed by atoms with van der Waals surface area (Å²) in [6.07, 6.45) is 0. The van der Waals surface area contributed by atoms with Gasteiger partial charge in [0.15, 0.2) is 0 Å². The van der Waals surface area contributed by atoms with Crippen LogP contribution in [0.2, 0.25) is 10.0 Å². The Hall–Kier alpha value is -1.74. The molecule has 0 heterocycles. The van der Waals surface area contributed by atoms with E-state index in [0.717, 1.165) is 0 Å². The largest absolute Gasteiger partial charge is 0.277 e. The Morgan fingerprint density at radius 1 is 1.10 bits per heavy atom. The maximum Gasteiger partial charge on any atom is 0.261 e. The zero-order chi connectivity index (χ0) is 15.6. The third-order valence-corrected chi connectivity index (χ3v) is 4.98. The number of nitrogens with one attached hydrogen (secondary N) is 1. The van der Waals surface area contributed by atoms with Gasteiger partial charge in [-0.25, -0.2) is 8.42 Å². The van der Waals surface area contributed by atoms with Crippen LogP contribution in [-0.2, 0) is 10.0 Å². The van der Waals surface area contributed by atoms with Gasteiger partial charge in [-0.1, -0.05) is 29.3 Å². The zero-order valence-corrected chi connectivity index (χ0v) is 13.2. The minimum atomic E-state index is -3.83. The molecule has 108 valence electrons. The van der Waals surface area contributed by atoms with Gasteiger partial charge in [-0.2, -0.15) is 5.26 Å². The monoisotopic (exact) mass is 340 g/mol. The molecule has 2 rings (SSSR count). The highest BCUT2D eigenvalue weighted by Crippen LogP contribution is 2.34. The molecule has 1 N–H and O–H groups in total. The fourth-order valence-electron chi connectivity index (χ4n) is 1.65. The number of rotatable bonds is 3. The molecule has 0 radical (unpaired) electrons. The summed E-state index contributed by atoms with van der Waals surface area (Å²) in [5.74, 6) is 0. The quantitative estimate of drug-likeness (QED) is 0.918. The van der Waals surface area contributed by atoms with E-state index in [2.05, 4.69) is 4.72 Å². The van der Waals surface area contributed by atoms with Gasteiger partial charge in [0.1, 0.15) is 0 Å². The smallest absolute Gasteiger partial charge is 0.261 e. The number of nitrogens with zero attached hydrogens (tertiary/aromatic N) is 1. The van der Waals surface area contributed by atoms with Gasteiger partial charge >= 0.3 is 0 Å². The van der Waals surface area contributed by atoms with Gasteiger partial charge < -0.3 is 0 Å². The highest BCUT2D eigenvalue weighted by molar-refractivity contribution is 7.92. The summed E-state index contributed by atoms with van der Waals surface area (Å²) in [6.45, 7) is 1.75. The molecule has 0 aliphatic carbocycles. The van der Waals surface area contributed by atoms with Crippen LogP contribution < -0.4 is 4.72 Å². The Labute approximate surface area is 133 Å². The Balaban J connectivity index is 2.42. The molecule has 0 amide bonds. The average Bonchev–Trinajstić information content (AvgIpc) is 2.48. The van der Waals surface area contributed by atoms with E-state index in [4.69, 9.17) is 28.5 Å². The molecule has 0 unspecified atom stereocenters. The van der Waals surface area contributed by atoms with Gasteiger partial charge in [0.25, 0.3) is 10.0 Å². The van der Waals surface area contributed by atoms with Crippen molar-refractivity contribution in [2.24, 2.45) is 0 Å². The number of halogens is 2. The Kier molecular flexibility index (Phi) is 4.43. The van der Waals surface area contributed by atoms with Gasteiger partial charge in [-0.15, -0.1) is 0 Å². The highest BCUT2D eigenvalue weighted by atomic mass is 35.5. The molecule has 4 nitrogen and oxygen atoms in total. The standard InChI is InChI=1S/C14H10Cl2N2O2S/c1-9-2-7-12(15)14(13(9)16)18-21(19,20)11-5-3-10(8-17)4-6-11/h2-7,18H,1H3. The minimum absolute atomic E-state index is 0.0233. The summed E-state index contributed by atoms with van der Waals surface area (Å²) < 4.78 is 27.0. The molecule has 2 aromatic rings. The third-order valence-electron chi connectivity index (χ3n) is 2.81. The van der Waals surface area contributed by atoms with Crippen LogP contribution in [0.15, 0.2) is 41.3 Å². The molecule has 0 spiro atoms. The molecular formula is C14H10Cl2N2O2S. The van der Waals surface area contributed by atoms with Gasteiger partial charge in [0, 0.05) is 0 Å². The summed E-state index contributed by atoms with van der Waals surface area (Å²) in [6, 6.07) is 10.7. The van der Waals surface area contributed by atoms with E-state index in [1.165, 1.54) is 24.3 Å². The number of sulfonamides is 1. The minimum Gasteiger partial charge on any atom is -0.277 e. The molecule has 0 saturated heterocycles. The number of benzene rings is 2. The van der Waals surface area contributed by atoms with Crippen molar-refractivity contribution in [3.8, 4) is 6.07 Å². The second-order valence-electron chi connectivity index (χ2n) is 4.29. The van der Waals surface area contributed by atoms with E-state index in [0.29, 0.717) is 11.1 Å². The van der Waals surface area contributed by atoms with Crippen molar-refractivity contribution in [1.82, 2.24) is 0 Å². The Bertz CT molecular complexity index is 825. The molecule has 0 aromatic heterocycles. The van der Waals surface area contributed by atoms with Crippen molar-refractivity contribution in [3.05, 3.63) is 57.6 Å². The second-order valence-corrected chi connectivity index (χ2v) is 6.76. The summed E-state index contributed by atoms with van der Waals surface area (Å²) in [4.78, 5) is 0.0233. The Morgan fingerprint density at radius 3 is 2.29 bits per heavy atom. The van der Waals surface area contributed by atoms with Crippen LogP contribution in [0.5, 0.6) is 0 Å². The maximum absolute atomic E-state index is 12.3. The van der Waals surface area contributed by atoms with E-state index in [-0.39, 0.29) is 20.6 Å². The fourth-order valence-corrected chi connectivity index (χ4v) is 3.32. The first-order valence-electron chi connectivity index (χ1n) is 5.83. The molecule has 7 heteroatoms. The summed E-state index contributed by atoms with van der Waals surface area (Å²) in [5, 5.41) is 9.18. The predicted molar refractivity (Wildman–Crippen MR) is 83.2 cm³/mol. The number of nitriles is 1. The van der Waals surface area contributed by atoms with Crippen molar-refractivity contribution < 1.29 is 8.42 Å². The van der Waals surface area contributed by atoms with Crippen molar-refractivity contribution in [1.29, 1.82) is 5.26 Å². The predicted octanol–water partition coefficient (Wildman–Crippen LogP) is 3.97. The third kappa shape index (κ3) is 3.30. The lowest BCUT2D eigenvalue weighted by Crippen LogP contribution is -2.13. The van der Waals surface area contributed by atoms with Crippen LogP contribution in [0.4, 0.5) is 5.69 Å². The first kappa shape index (κ1) is 15.6. The van der Waals surface area contributed by atoms with Gasteiger partial charge in [-0.3, -0.25) is 4.72 Å². The van der Waals surface area contributed by atoms with Crippen molar-refractivity contribution in [3.63, 3.8) is 0 Å². The SMILES string of the molecule is Cc1ccc(Cl)c(NS(=O)(=O)c2ccc(C#N)cc2)c1Cl. The molecular weight excluding hydrogens is 331 g/mol. The molecule has 0 saturated carbocycles. The van der Waals surface area contributed by atoms with Crippen LogP contribution in [-0.4, -0.2) is 8.42 Å². The van der Waals surface area contributed by atoms with E-state index < -0.39 is 10.0 Å².